The predicted octanol–water partition coefficient (Wildman–Crippen LogP) is 0.684. The van der Waals surface area contributed by atoms with Gasteiger partial charge in [-0.2, -0.15) is 0 Å². The molecule has 1 saturated carbocycles. The van der Waals surface area contributed by atoms with Gasteiger partial charge in [0.1, 0.15) is 0 Å². The number of carbonyl (C=O) groups excluding carboxylic acids is 2. The second kappa shape index (κ2) is 6.58. The van der Waals surface area contributed by atoms with Gasteiger partial charge in [0, 0.05) is 24.9 Å². The molecule has 1 aromatic rings. The van der Waals surface area contributed by atoms with E-state index in [0.717, 1.165) is 19.3 Å². The van der Waals surface area contributed by atoms with Gasteiger partial charge in [-0.15, -0.1) is 0 Å². The molecular weight excluding hydrogens is 270 g/mol. The summed E-state index contributed by atoms with van der Waals surface area (Å²) in [5.41, 5.74) is 6.41. The molecule has 1 fully saturated rings. The minimum absolute atomic E-state index is 0.0526. The molecule has 0 bridgehead atoms. The number of nitrogens with two attached hydrogens (primary N) is 1. The number of amides is 2. The van der Waals surface area contributed by atoms with Crippen molar-refractivity contribution in [3.05, 3.63) is 29.8 Å². The van der Waals surface area contributed by atoms with Crippen molar-refractivity contribution >= 4 is 17.5 Å². The molecule has 0 atom stereocenters. The summed E-state index contributed by atoms with van der Waals surface area (Å²) < 4.78 is 5.42. The molecule has 0 radical (unpaired) electrons. The third-order valence-corrected chi connectivity index (χ3v) is 3.89. The number of nitrogen functional groups attached to an aromatic ring is 1. The number of ether oxygens (including phenoxy) is 1. The molecule has 1 aromatic carbocycles. The minimum atomic E-state index is -0.296. The van der Waals surface area contributed by atoms with Crippen LogP contribution in [0, 0.1) is 0 Å². The minimum Gasteiger partial charge on any atom is -0.399 e. The maximum absolute atomic E-state index is 11.8. The molecule has 0 saturated heterocycles. The second-order valence-corrected chi connectivity index (χ2v) is 5.32. The molecule has 114 valence electrons. The average molecular weight is 291 g/mol. The highest BCUT2D eigenvalue weighted by molar-refractivity contribution is 5.96. The van der Waals surface area contributed by atoms with Gasteiger partial charge in [-0.25, -0.2) is 0 Å². The molecule has 1 aliphatic rings. The summed E-state index contributed by atoms with van der Waals surface area (Å²) in [5, 5.41) is 5.37. The Morgan fingerprint density at radius 1 is 1.24 bits per heavy atom. The lowest BCUT2D eigenvalue weighted by molar-refractivity contribution is -0.123. The lowest BCUT2D eigenvalue weighted by atomic mass is 9.80. The number of benzene rings is 1. The summed E-state index contributed by atoms with van der Waals surface area (Å²) in [5.74, 6) is -0.516. The van der Waals surface area contributed by atoms with E-state index in [1.165, 1.54) is 0 Å². The van der Waals surface area contributed by atoms with Gasteiger partial charge in [0.25, 0.3) is 5.91 Å². The highest BCUT2D eigenvalue weighted by atomic mass is 16.5. The number of anilines is 1. The van der Waals surface area contributed by atoms with Gasteiger partial charge in [-0.3, -0.25) is 9.59 Å². The third kappa shape index (κ3) is 3.95. The van der Waals surface area contributed by atoms with Gasteiger partial charge in [0.2, 0.25) is 5.91 Å². The molecule has 2 rings (SSSR count). The second-order valence-electron chi connectivity index (χ2n) is 5.32. The average Bonchev–Trinajstić information content (AvgIpc) is 2.45. The number of hydrogen-bond acceptors (Lipinski definition) is 4. The zero-order valence-corrected chi connectivity index (χ0v) is 12.1. The Morgan fingerprint density at radius 3 is 2.43 bits per heavy atom. The fraction of sp³-hybridized carbons (Fsp3) is 0.467. The van der Waals surface area contributed by atoms with Gasteiger partial charge in [-0.1, -0.05) is 0 Å². The quantitative estimate of drug-likeness (QED) is 0.672. The largest absolute Gasteiger partial charge is 0.399 e. The van der Waals surface area contributed by atoms with E-state index in [4.69, 9.17) is 10.5 Å². The van der Waals surface area contributed by atoms with Crippen molar-refractivity contribution in [3.63, 3.8) is 0 Å². The first-order valence-electron chi connectivity index (χ1n) is 7.00. The lowest BCUT2D eigenvalue weighted by Gasteiger charge is -2.40. The molecular formula is C15H21N3O3. The maximum atomic E-state index is 11.8. The van der Waals surface area contributed by atoms with E-state index in [9.17, 15) is 9.59 Å². The van der Waals surface area contributed by atoms with E-state index in [0.29, 0.717) is 17.8 Å². The number of methoxy groups -OCH3 is 1. The van der Waals surface area contributed by atoms with Crippen molar-refractivity contribution in [3.8, 4) is 0 Å². The van der Waals surface area contributed by atoms with Crippen molar-refractivity contribution in [1.29, 1.82) is 0 Å². The topological polar surface area (TPSA) is 93.5 Å². The Bertz CT molecular complexity index is 504. The highest BCUT2D eigenvalue weighted by Gasteiger charge is 2.37. The van der Waals surface area contributed by atoms with Gasteiger partial charge in [0.05, 0.1) is 12.1 Å². The fourth-order valence-electron chi connectivity index (χ4n) is 2.24. The van der Waals surface area contributed by atoms with Crippen LogP contribution >= 0.6 is 0 Å². The third-order valence-electron chi connectivity index (χ3n) is 3.89. The SMILES string of the molecule is COC1(CNC(=O)CNC(=O)c2ccc(N)cc2)CCC1. The molecule has 0 heterocycles. The smallest absolute Gasteiger partial charge is 0.251 e. The van der Waals surface area contributed by atoms with Gasteiger partial charge < -0.3 is 21.1 Å². The van der Waals surface area contributed by atoms with Crippen LogP contribution in [0.15, 0.2) is 24.3 Å². The zero-order valence-electron chi connectivity index (χ0n) is 12.1. The first-order chi connectivity index (χ1) is 10.0. The molecule has 0 unspecified atom stereocenters. The Hall–Kier alpha value is -2.08. The van der Waals surface area contributed by atoms with Crippen molar-refractivity contribution < 1.29 is 14.3 Å². The first kappa shape index (κ1) is 15.3. The van der Waals surface area contributed by atoms with Gasteiger partial charge in [-0.05, 0) is 43.5 Å². The van der Waals surface area contributed by atoms with Crippen LogP contribution in [0.1, 0.15) is 29.6 Å². The van der Waals surface area contributed by atoms with Crippen molar-refractivity contribution in [1.82, 2.24) is 10.6 Å². The predicted molar refractivity (Wildman–Crippen MR) is 79.8 cm³/mol. The van der Waals surface area contributed by atoms with E-state index < -0.39 is 0 Å². The first-order valence-corrected chi connectivity index (χ1v) is 7.00. The highest BCUT2D eigenvalue weighted by Crippen LogP contribution is 2.34. The molecule has 0 spiro atoms. The molecule has 0 aliphatic heterocycles. The lowest BCUT2D eigenvalue weighted by Crippen LogP contribution is -2.50. The molecule has 6 heteroatoms. The molecule has 4 N–H and O–H groups in total. The van der Waals surface area contributed by atoms with Crippen LogP contribution in [0.25, 0.3) is 0 Å². The monoisotopic (exact) mass is 291 g/mol. The Labute approximate surface area is 124 Å². The summed E-state index contributed by atoms with van der Waals surface area (Å²) in [6.45, 7) is 0.434. The number of nitrogens with one attached hydrogen (secondary N) is 2. The molecule has 6 nitrogen and oxygen atoms in total. The van der Waals surface area contributed by atoms with Gasteiger partial charge >= 0.3 is 0 Å². The van der Waals surface area contributed by atoms with E-state index in [2.05, 4.69) is 10.6 Å². The Balaban J connectivity index is 1.73. The van der Waals surface area contributed by atoms with Crippen LogP contribution in [-0.2, 0) is 9.53 Å². The van der Waals surface area contributed by atoms with Crippen molar-refractivity contribution in [2.45, 2.75) is 24.9 Å². The molecule has 1 aliphatic carbocycles. The van der Waals surface area contributed by atoms with Crippen LogP contribution in [0.4, 0.5) is 5.69 Å². The van der Waals surface area contributed by atoms with E-state index >= 15 is 0 Å². The van der Waals surface area contributed by atoms with Crippen LogP contribution < -0.4 is 16.4 Å². The molecule has 2 amide bonds. The van der Waals surface area contributed by atoms with Crippen LogP contribution in [0.2, 0.25) is 0 Å². The summed E-state index contributed by atoms with van der Waals surface area (Å²) in [7, 11) is 1.66. The van der Waals surface area contributed by atoms with Crippen LogP contribution in [0.3, 0.4) is 0 Å². The zero-order chi connectivity index (χ0) is 15.3. The van der Waals surface area contributed by atoms with Crippen LogP contribution in [-0.4, -0.2) is 37.6 Å². The molecule has 21 heavy (non-hydrogen) atoms. The summed E-state index contributed by atoms with van der Waals surface area (Å²) in [6, 6.07) is 6.54. The normalized spacial score (nSPS) is 15.9. The van der Waals surface area contributed by atoms with Crippen molar-refractivity contribution in [2.24, 2.45) is 0 Å². The van der Waals surface area contributed by atoms with E-state index in [-0.39, 0.29) is 24.0 Å². The van der Waals surface area contributed by atoms with Crippen LogP contribution in [0.5, 0.6) is 0 Å². The summed E-state index contributed by atoms with van der Waals surface area (Å²) in [6.07, 6.45) is 3.04. The standard InChI is InChI=1S/C15H21N3O3/c1-21-15(7-2-8-15)10-18-13(19)9-17-14(20)11-3-5-12(16)6-4-11/h3-6H,2,7-10,16H2,1H3,(H,17,20)(H,18,19). The van der Waals surface area contributed by atoms with E-state index in [1.807, 2.05) is 0 Å². The number of rotatable bonds is 6. The Morgan fingerprint density at radius 2 is 1.90 bits per heavy atom. The summed E-state index contributed by atoms with van der Waals surface area (Å²) >= 11 is 0. The Kier molecular flexibility index (Phi) is 4.80. The summed E-state index contributed by atoms with van der Waals surface area (Å²) in [4.78, 5) is 23.6. The van der Waals surface area contributed by atoms with Gasteiger partial charge in [0.15, 0.2) is 0 Å². The van der Waals surface area contributed by atoms with Crippen molar-refractivity contribution in [2.75, 3.05) is 25.9 Å². The number of hydrogen-bond donors (Lipinski definition) is 3. The maximum Gasteiger partial charge on any atom is 0.251 e. The fourth-order valence-corrected chi connectivity index (χ4v) is 2.24. The van der Waals surface area contributed by atoms with E-state index in [1.54, 1.807) is 31.4 Å². The molecule has 0 aromatic heterocycles. The number of carbonyl (C=O) groups is 2.